The summed E-state index contributed by atoms with van der Waals surface area (Å²) in [5, 5.41) is 0. The van der Waals surface area contributed by atoms with Gasteiger partial charge in [0.15, 0.2) is 0 Å². The number of ether oxygens (including phenoxy) is 1. The molecule has 3 heteroatoms. The number of nitrogens with two attached hydrogens (primary N) is 1. The molecule has 16 heavy (non-hydrogen) atoms. The van der Waals surface area contributed by atoms with Crippen molar-refractivity contribution in [3.8, 4) is 5.75 Å². The highest BCUT2D eigenvalue weighted by molar-refractivity contribution is 5.39. The second-order valence-electron chi connectivity index (χ2n) is 5.06. The van der Waals surface area contributed by atoms with Gasteiger partial charge >= 0.3 is 0 Å². The van der Waals surface area contributed by atoms with E-state index in [9.17, 15) is 4.39 Å². The van der Waals surface area contributed by atoms with Crippen molar-refractivity contribution in [2.45, 2.75) is 26.2 Å². The van der Waals surface area contributed by atoms with E-state index in [2.05, 4.69) is 13.8 Å². The summed E-state index contributed by atoms with van der Waals surface area (Å²) in [4.78, 5) is 0. The highest BCUT2D eigenvalue weighted by atomic mass is 19.1. The fourth-order valence-electron chi connectivity index (χ4n) is 2.32. The van der Waals surface area contributed by atoms with Crippen LogP contribution in [-0.2, 0) is 0 Å². The largest absolute Gasteiger partial charge is 0.493 e. The summed E-state index contributed by atoms with van der Waals surface area (Å²) < 4.78 is 18.8. The number of fused-ring (bicyclic) bond motifs is 1. The van der Waals surface area contributed by atoms with Crippen molar-refractivity contribution >= 4 is 0 Å². The van der Waals surface area contributed by atoms with Gasteiger partial charge in [0.05, 0.1) is 6.61 Å². The van der Waals surface area contributed by atoms with E-state index in [0.29, 0.717) is 13.2 Å². The third-order valence-corrected chi connectivity index (χ3v) is 3.48. The molecule has 2 rings (SSSR count). The predicted octanol–water partition coefficient (Wildman–Crippen LogP) is 2.68. The van der Waals surface area contributed by atoms with Crippen molar-refractivity contribution < 1.29 is 9.13 Å². The molecule has 1 aliphatic rings. The molecule has 2 N–H and O–H groups in total. The lowest BCUT2D eigenvalue weighted by Gasteiger charge is -2.37. The van der Waals surface area contributed by atoms with E-state index < -0.39 is 0 Å². The fraction of sp³-hybridized carbons (Fsp3) is 0.538. The van der Waals surface area contributed by atoms with Gasteiger partial charge in [-0.05, 0) is 42.5 Å². The molecule has 1 aromatic carbocycles. The molecule has 0 radical (unpaired) electrons. The Balaban J connectivity index is 2.43. The van der Waals surface area contributed by atoms with Crippen molar-refractivity contribution in [3.05, 3.63) is 29.6 Å². The average molecular weight is 223 g/mol. The monoisotopic (exact) mass is 223 g/mol. The lowest BCUT2D eigenvalue weighted by molar-refractivity contribution is 0.195. The number of hydrogen-bond donors (Lipinski definition) is 1. The standard InChI is InChI=1S/C13H18FNO/c1-13(2,8-15)11-5-6-16-12-4-3-9(14)7-10(11)12/h3-4,7,11H,5-6,8,15H2,1-2H3. The van der Waals surface area contributed by atoms with Crippen LogP contribution in [0.15, 0.2) is 18.2 Å². The van der Waals surface area contributed by atoms with Crippen LogP contribution in [-0.4, -0.2) is 13.2 Å². The molecule has 0 bridgehead atoms. The van der Waals surface area contributed by atoms with Crippen LogP contribution >= 0.6 is 0 Å². The first-order valence-electron chi connectivity index (χ1n) is 5.67. The van der Waals surface area contributed by atoms with Crippen LogP contribution in [0.4, 0.5) is 4.39 Å². The number of halogens is 1. The summed E-state index contributed by atoms with van der Waals surface area (Å²) >= 11 is 0. The van der Waals surface area contributed by atoms with Crippen LogP contribution in [0.2, 0.25) is 0 Å². The highest BCUT2D eigenvalue weighted by Gasteiger charge is 2.34. The van der Waals surface area contributed by atoms with Gasteiger partial charge in [0, 0.05) is 5.56 Å². The lowest BCUT2D eigenvalue weighted by atomic mass is 9.72. The Morgan fingerprint density at radius 3 is 2.94 bits per heavy atom. The first kappa shape index (κ1) is 11.4. The normalized spacial score (nSPS) is 20.1. The molecule has 0 saturated heterocycles. The molecule has 1 heterocycles. The first-order chi connectivity index (χ1) is 7.54. The molecule has 0 spiro atoms. The van der Waals surface area contributed by atoms with Gasteiger partial charge < -0.3 is 10.5 Å². The van der Waals surface area contributed by atoms with E-state index in [1.807, 2.05) is 0 Å². The van der Waals surface area contributed by atoms with E-state index in [1.54, 1.807) is 12.1 Å². The Morgan fingerprint density at radius 1 is 1.50 bits per heavy atom. The van der Waals surface area contributed by atoms with Gasteiger partial charge in [-0.25, -0.2) is 4.39 Å². The fourth-order valence-corrected chi connectivity index (χ4v) is 2.32. The SMILES string of the molecule is CC(C)(CN)C1CCOc2ccc(F)cc21. The van der Waals surface area contributed by atoms with Crippen LogP contribution in [0.1, 0.15) is 31.7 Å². The molecule has 2 nitrogen and oxygen atoms in total. The van der Waals surface area contributed by atoms with E-state index >= 15 is 0 Å². The van der Waals surface area contributed by atoms with Gasteiger partial charge in [-0.15, -0.1) is 0 Å². The Hall–Kier alpha value is -1.09. The third kappa shape index (κ3) is 1.92. The zero-order valence-corrected chi connectivity index (χ0v) is 9.79. The van der Waals surface area contributed by atoms with Gasteiger partial charge in [-0.3, -0.25) is 0 Å². The maximum Gasteiger partial charge on any atom is 0.123 e. The zero-order valence-electron chi connectivity index (χ0n) is 9.79. The Labute approximate surface area is 95.6 Å². The van der Waals surface area contributed by atoms with Gasteiger partial charge in [0.2, 0.25) is 0 Å². The van der Waals surface area contributed by atoms with Crippen molar-refractivity contribution in [1.29, 1.82) is 0 Å². The van der Waals surface area contributed by atoms with E-state index in [-0.39, 0.29) is 17.2 Å². The summed E-state index contributed by atoms with van der Waals surface area (Å²) in [6.07, 6.45) is 0.903. The molecule has 0 amide bonds. The maximum absolute atomic E-state index is 13.3. The summed E-state index contributed by atoms with van der Waals surface area (Å²) in [7, 11) is 0. The Kier molecular flexibility index (Phi) is 2.89. The number of hydrogen-bond acceptors (Lipinski definition) is 2. The van der Waals surface area contributed by atoms with Gasteiger partial charge in [-0.1, -0.05) is 13.8 Å². The molecule has 1 unspecified atom stereocenters. The second kappa shape index (κ2) is 4.06. The van der Waals surface area contributed by atoms with Gasteiger partial charge in [0.1, 0.15) is 11.6 Å². The zero-order chi connectivity index (χ0) is 11.8. The summed E-state index contributed by atoms with van der Waals surface area (Å²) in [6, 6.07) is 4.73. The minimum absolute atomic E-state index is 0.0215. The number of benzene rings is 1. The second-order valence-corrected chi connectivity index (χ2v) is 5.06. The topological polar surface area (TPSA) is 35.2 Å². The van der Waals surface area contributed by atoms with Crippen molar-refractivity contribution in [2.24, 2.45) is 11.1 Å². The first-order valence-corrected chi connectivity index (χ1v) is 5.67. The van der Waals surface area contributed by atoms with Crippen LogP contribution < -0.4 is 10.5 Å². The van der Waals surface area contributed by atoms with Crippen molar-refractivity contribution in [1.82, 2.24) is 0 Å². The van der Waals surface area contributed by atoms with Crippen LogP contribution in [0.5, 0.6) is 5.75 Å². The molecular weight excluding hydrogens is 205 g/mol. The predicted molar refractivity (Wildman–Crippen MR) is 62.1 cm³/mol. The quantitative estimate of drug-likeness (QED) is 0.836. The highest BCUT2D eigenvalue weighted by Crippen LogP contribution is 2.44. The Bertz CT molecular complexity index is 390. The van der Waals surface area contributed by atoms with E-state index in [0.717, 1.165) is 17.7 Å². The molecule has 0 aliphatic carbocycles. The molecule has 0 fully saturated rings. The average Bonchev–Trinajstić information content (AvgIpc) is 2.28. The lowest BCUT2D eigenvalue weighted by Crippen LogP contribution is -2.34. The molecule has 1 atom stereocenters. The third-order valence-electron chi connectivity index (χ3n) is 3.48. The molecule has 0 saturated carbocycles. The molecule has 1 aliphatic heterocycles. The summed E-state index contributed by atoms with van der Waals surface area (Å²) in [6.45, 7) is 5.52. The Morgan fingerprint density at radius 2 is 2.25 bits per heavy atom. The van der Waals surface area contributed by atoms with Crippen molar-refractivity contribution in [3.63, 3.8) is 0 Å². The van der Waals surface area contributed by atoms with E-state index in [4.69, 9.17) is 10.5 Å². The minimum Gasteiger partial charge on any atom is -0.493 e. The summed E-state index contributed by atoms with van der Waals surface area (Å²) in [5.41, 5.74) is 6.74. The van der Waals surface area contributed by atoms with Gasteiger partial charge in [-0.2, -0.15) is 0 Å². The minimum atomic E-state index is -0.206. The molecular formula is C13H18FNO. The maximum atomic E-state index is 13.3. The van der Waals surface area contributed by atoms with Crippen LogP contribution in [0.25, 0.3) is 0 Å². The number of rotatable bonds is 2. The van der Waals surface area contributed by atoms with Crippen molar-refractivity contribution in [2.75, 3.05) is 13.2 Å². The molecule has 1 aromatic rings. The van der Waals surface area contributed by atoms with Crippen LogP contribution in [0, 0.1) is 11.2 Å². The van der Waals surface area contributed by atoms with E-state index in [1.165, 1.54) is 6.07 Å². The molecule has 88 valence electrons. The molecule has 0 aromatic heterocycles. The smallest absolute Gasteiger partial charge is 0.123 e. The van der Waals surface area contributed by atoms with Gasteiger partial charge in [0.25, 0.3) is 0 Å². The van der Waals surface area contributed by atoms with Crippen LogP contribution in [0.3, 0.4) is 0 Å². The summed E-state index contributed by atoms with van der Waals surface area (Å²) in [5.74, 6) is 0.873.